The van der Waals surface area contributed by atoms with E-state index in [-0.39, 0.29) is 34.5 Å². The van der Waals surface area contributed by atoms with Crippen LogP contribution >= 0.6 is 23.4 Å². The molecule has 2 bridgehead atoms. The summed E-state index contributed by atoms with van der Waals surface area (Å²) in [4.78, 5) is 32.7. The molecule has 2 amide bonds. The predicted molar refractivity (Wildman–Crippen MR) is 130 cm³/mol. The highest BCUT2D eigenvalue weighted by molar-refractivity contribution is 8.13. The minimum atomic E-state index is -0.291. The molecule has 2 saturated heterocycles. The zero-order valence-electron chi connectivity index (χ0n) is 18.9. The minimum absolute atomic E-state index is 0.0460. The third kappa shape index (κ3) is 3.25. The Bertz CT molecular complexity index is 1010. The molecule has 0 radical (unpaired) electrons. The fraction of sp³-hybridized carbons (Fsp3) is 0.560. The molecule has 170 valence electrons. The van der Waals surface area contributed by atoms with Crippen molar-refractivity contribution < 1.29 is 9.59 Å². The molecule has 7 heteroatoms. The van der Waals surface area contributed by atoms with E-state index in [9.17, 15) is 9.59 Å². The molecule has 5 aliphatic rings. The molecule has 1 saturated carbocycles. The van der Waals surface area contributed by atoms with Crippen molar-refractivity contribution in [1.82, 2.24) is 10.0 Å². The third-order valence-corrected chi connectivity index (χ3v) is 9.33. The second kappa shape index (κ2) is 7.91. The van der Waals surface area contributed by atoms with Gasteiger partial charge in [0, 0.05) is 22.7 Å². The lowest BCUT2D eigenvalue weighted by molar-refractivity contribution is -0.153. The summed E-state index contributed by atoms with van der Waals surface area (Å²) >= 11 is 7.66. The first-order chi connectivity index (χ1) is 15.3. The van der Waals surface area contributed by atoms with Crippen molar-refractivity contribution in [3.8, 4) is 0 Å². The van der Waals surface area contributed by atoms with Gasteiger partial charge in [0.2, 0.25) is 0 Å². The zero-order chi connectivity index (χ0) is 22.7. The number of amidine groups is 1. The number of aliphatic imine (C=N–C) groups is 1. The molecular weight excluding hydrogens is 442 g/mol. The number of fused-ring (bicyclic) bond motifs is 1. The molecule has 2 aliphatic heterocycles. The first kappa shape index (κ1) is 22.0. The standard InChI is InChI=1S/C25H30ClN3O2S/c1-16(2)25-12-10-24(3,11-13-25)19-20(25)22(31)29(21(19)30)28-14-4-5-15-32-23(28)27-18-8-6-17(26)7-9-18/h6-10,12,16,19-20H,4-5,11,13-15H2,1-3H3/t19?,20?,24-,25+/m0/s1. The quantitative estimate of drug-likeness (QED) is 0.420. The van der Waals surface area contributed by atoms with E-state index < -0.39 is 0 Å². The summed E-state index contributed by atoms with van der Waals surface area (Å²) in [6, 6.07) is 7.35. The van der Waals surface area contributed by atoms with Crippen LogP contribution in [0.15, 0.2) is 41.4 Å². The highest BCUT2D eigenvalue weighted by Gasteiger charge is 2.68. The van der Waals surface area contributed by atoms with Crippen LogP contribution in [-0.4, -0.2) is 39.3 Å². The van der Waals surface area contributed by atoms with Gasteiger partial charge < -0.3 is 0 Å². The van der Waals surface area contributed by atoms with Crippen molar-refractivity contribution in [2.75, 3.05) is 12.3 Å². The number of hydrazine groups is 1. The Morgan fingerprint density at radius 3 is 2.44 bits per heavy atom. The SMILES string of the molecule is CC(C)[C@@]12C=C[C@@](C)(CC1)C1C(=O)N(N3CCCCSC3=Nc3ccc(Cl)cc3)C(=O)C12. The maximum atomic E-state index is 14.0. The Balaban J connectivity index is 1.56. The Hall–Kier alpha value is -1.79. The van der Waals surface area contributed by atoms with E-state index in [2.05, 4.69) is 32.9 Å². The molecule has 3 aliphatic carbocycles. The first-order valence-corrected chi connectivity index (χ1v) is 13.0. The lowest BCUT2D eigenvalue weighted by Gasteiger charge is -2.55. The number of thioether (sulfide) groups is 1. The lowest BCUT2D eigenvalue weighted by atomic mass is 9.46. The molecule has 4 atom stereocenters. The Kier molecular flexibility index (Phi) is 5.44. The molecule has 3 fully saturated rings. The lowest BCUT2D eigenvalue weighted by Crippen LogP contribution is -2.53. The third-order valence-electron chi connectivity index (χ3n) is 8.03. The number of benzene rings is 1. The van der Waals surface area contributed by atoms with Gasteiger partial charge in [0.05, 0.1) is 17.5 Å². The summed E-state index contributed by atoms with van der Waals surface area (Å²) in [5.41, 5.74) is 0.277. The summed E-state index contributed by atoms with van der Waals surface area (Å²) in [5.74, 6) is 0.540. The summed E-state index contributed by atoms with van der Waals surface area (Å²) in [6.45, 7) is 7.14. The molecule has 2 unspecified atom stereocenters. The van der Waals surface area contributed by atoms with E-state index >= 15 is 0 Å². The van der Waals surface area contributed by atoms with Crippen molar-refractivity contribution in [2.45, 2.75) is 46.5 Å². The highest BCUT2D eigenvalue weighted by Crippen LogP contribution is 2.64. The number of rotatable bonds is 3. The van der Waals surface area contributed by atoms with Crippen LogP contribution in [0.5, 0.6) is 0 Å². The van der Waals surface area contributed by atoms with Gasteiger partial charge in [0.25, 0.3) is 11.8 Å². The molecule has 32 heavy (non-hydrogen) atoms. The van der Waals surface area contributed by atoms with Crippen LogP contribution in [0.2, 0.25) is 5.02 Å². The topological polar surface area (TPSA) is 53.0 Å². The summed E-state index contributed by atoms with van der Waals surface area (Å²) in [6.07, 6.45) is 8.36. The number of nitrogens with zero attached hydrogens (tertiary/aromatic N) is 3. The van der Waals surface area contributed by atoms with Gasteiger partial charge in [0.1, 0.15) is 0 Å². The van der Waals surface area contributed by atoms with Crippen molar-refractivity contribution in [3.63, 3.8) is 0 Å². The fourth-order valence-corrected chi connectivity index (χ4v) is 7.20. The van der Waals surface area contributed by atoms with Crippen molar-refractivity contribution in [2.24, 2.45) is 33.6 Å². The van der Waals surface area contributed by atoms with Crippen LogP contribution in [0.1, 0.15) is 46.5 Å². The van der Waals surface area contributed by atoms with Gasteiger partial charge in [-0.1, -0.05) is 56.3 Å². The number of halogens is 1. The number of allylic oxidation sites excluding steroid dienone is 2. The van der Waals surface area contributed by atoms with Crippen LogP contribution in [0, 0.1) is 28.6 Å². The van der Waals surface area contributed by atoms with Crippen LogP contribution < -0.4 is 0 Å². The minimum Gasteiger partial charge on any atom is -0.272 e. The Labute approximate surface area is 199 Å². The van der Waals surface area contributed by atoms with E-state index in [4.69, 9.17) is 16.6 Å². The average Bonchev–Trinajstić information content (AvgIpc) is 2.91. The molecule has 1 aromatic carbocycles. The molecule has 2 heterocycles. The Morgan fingerprint density at radius 2 is 1.78 bits per heavy atom. The number of hydrogen-bond acceptors (Lipinski definition) is 4. The number of amides is 2. The van der Waals surface area contributed by atoms with E-state index in [0.717, 1.165) is 37.1 Å². The van der Waals surface area contributed by atoms with Crippen LogP contribution in [0.25, 0.3) is 0 Å². The summed E-state index contributed by atoms with van der Waals surface area (Å²) < 4.78 is 0. The summed E-state index contributed by atoms with van der Waals surface area (Å²) in [5, 5.41) is 4.71. The van der Waals surface area contributed by atoms with Gasteiger partial charge in [-0.3, -0.25) is 14.6 Å². The number of carbonyl (C=O) groups excluding carboxylic acids is 2. The largest absolute Gasteiger partial charge is 0.272 e. The molecule has 0 N–H and O–H groups in total. The summed E-state index contributed by atoms with van der Waals surface area (Å²) in [7, 11) is 0. The number of carbonyl (C=O) groups is 2. The molecule has 1 aromatic rings. The van der Waals surface area contributed by atoms with Crippen LogP contribution in [0.3, 0.4) is 0 Å². The van der Waals surface area contributed by atoms with Crippen molar-refractivity contribution >= 4 is 46.0 Å². The first-order valence-electron chi connectivity index (χ1n) is 11.6. The molecule has 5 nitrogen and oxygen atoms in total. The van der Waals surface area contributed by atoms with Gasteiger partial charge in [-0.05, 0) is 61.3 Å². The molecule has 0 spiro atoms. The van der Waals surface area contributed by atoms with Gasteiger partial charge in [-0.25, -0.2) is 4.99 Å². The van der Waals surface area contributed by atoms with Gasteiger partial charge >= 0.3 is 0 Å². The molecular formula is C25H30ClN3O2S. The number of imide groups is 1. The van der Waals surface area contributed by atoms with E-state index in [1.807, 2.05) is 29.3 Å². The van der Waals surface area contributed by atoms with Crippen molar-refractivity contribution in [3.05, 3.63) is 41.4 Å². The smallest absolute Gasteiger partial charge is 0.253 e. The van der Waals surface area contributed by atoms with E-state index in [0.29, 0.717) is 22.7 Å². The predicted octanol–water partition coefficient (Wildman–Crippen LogP) is 5.69. The maximum absolute atomic E-state index is 14.0. The molecule has 6 rings (SSSR count). The average molecular weight is 472 g/mol. The van der Waals surface area contributed by atoms with E-state index in [1.54, 1.807) is 11.8 Å². The highest BCUT2D eigenvalue weighted by atomic mass is 35.5. The van der Waals surface area contributed by atoms with Gasteiger partial charge in [0.15, 0.2) is 5.17 Å². The monoisotopic (exact) mass is 471 g/mol. The van der Waals surface area contributed by atoms with Gasteiger partial charge in [-0.2, -0.15) is 5.01 Å². The van der Waals surface area contributed by atoms with Crippen LogP contribution in [0.4, 0.5) is 5.69 Å². The number of hydrogen-bond donors (Lipinski definition) is 0. The zero-order valence-corrected chi connectivity index (χ0v) is 20.5. The fourth-order valence-electron chi connectivity index (χ4n) is 6.05. The maximum Gasteiger partial charge on any atom is 0.253 e. The second-order valence-corrected chi connectivity index (χ2v) is 11.6. The molecule has 0 aromatic heterocycles. The van der Waals surface area contributed by atoms with E-state index in [1.165, 1.54) is 5.01 Å². The van der Waals surface area contributed by atoms with Crippen molar-refractivity contribution in [1.29, 1.82) is 0 Å². The van der Waals surface area contributed by atoms with Crippen LogP contribution in [-0.2, 0) is 9.59 Å². The van der Waals surface area contributed by atoms with Gasteiger partial charge in [-0.15, -0.1) is 0 Å². The Morgan fingerprint density at radius 1 is 1.06 bits per heavy atom. The second-order valence-electron chi connectivity index (χ2n) is 10.1. The normalized spacial score (nSPS) is 35.7.